The summed E-state index contributed by atoms with van der Waals surface area (Å²) in [6.45, 7) is 4.33. The molecule has 0 spiro atoms. The molecule has 146 valence electrons. The van der Waals surface area contributed by atoms with E-state index in [0.717, 1.165) is 22.6 Å². The van der Waals surface area contributed by atoms with Gasteiger partial charge in [-0.25, -0.2) is 4.68 Å². The second-order valence-electron chi connectivity index (χ2n) is 7.20. The first-order valence-electron chi connectivity index (χ1n) is 9.21. The van der Waals surface area contributed by atoms with E-state index in [-0.39, 0.29) is 31.8 Å². The van der Waals surface area contributed by atoms with Gasteiger partial charge in [0.15, 0.2) is 0 Å². The molecule has 27 heavy (non-hydrogen) atoms. The van der Waals surface area contributed by atoms with Crippen LogP contribution in [0.25, 0.3) is 5.69 Å². The first kappa shape index (κ1) is 19.5. The highest BCUT2D eigenvalue weighted by molar-refractivity contribution is 5.76. The minimum Gasteiger partial charge on any atom is -0.343 e. The average molecular weight is 379 g/mol. The van der Waals surface area contributed by atoms with Gasteiger partial charge in [0.25, 0.3) is 0 Å². The smallest absolute Gasteiger partial charge is 0.343 e. The molecule has 1 saturated heterocycles. The van der Waals surface area contributed by atoms with Crippen molar-refractivity contribution in [2.75, 3.05) is 13.1 Å². The third-order valence-electron chi connectivity index (χ3n) is 5.13. The summed E-state index contributed by atoms with van der Waals surface area (Å²) in [6, 6.07) is 9.88. The number of halogens is 3. The van der Waals surface area contributed by atoms with Crippen molar-refractivity contribution < 1.29 is 18.0 Å². The molecule has 1 aromatic heterocycles. The van der Waals surface area contributed by atoms with Crippen molar-refractivity contribution in [2.24, 2.45) is 5.92 Å². The predicted octanol–water partition coefficient (Wildman–Crippen LogP) is 4.22. The van der Waals surface area contributed by atoms with E-state index in [2.05, 4.69) is 5.10 Å². The monoisotopic (exact) mass is 379 g/mol. The third-order valence-corrected chi connectivity index (χ3v) is 5.13. The molecule has 0 radical (unpaired) electrons. The van der Waals surface area contributed by atoms with Gasteiger partial charge in [0.05, 0.1) is 17.3 Å². The lowest BCUT2D eigenvalue weighted by atomic mass is 9.96. The molecule has 1 aromatic carbocycles. The summed E-state index contributed by atoms with van der Waals surface area (Å²) in [5, 5.41) is 4.44. The van der Waals surface area contributed by atoms with Gasteiger partial charge in [-0.15, -0.1) is 0 Å². The van der Waals surface area contributed by atoms with Crippen LogP contribution in [0.2, 0.25) is 0 Å². The fourth-order valence-electron chi connectivity index (χ4n) is 3.56. The molecule has 2 heterocycles. The number of likely N-dealkylation sites (tertiary alicyclic amines) is 1. The Morgan fingerprint density at radius 3 is 2.30 bits per heavy atom. The fourth-order valence-corrected chi connectivity index (χ4v) is 3.56. The molecule has 1 fully saturated rings. The fraction of sp³-hybridized carbons (Fsp3) is 0.500. The molecule has 1 amide bonds. The minimum absolute atomic E-state index is 0.00652. The molecule has 4 nitrogen and oxygen atoms in total. The van der Waals surface area contributed by atoms with Gasteiger partial charge >= 0.3 is 6.18 Å². The number of carbonyl (C=O) groups is 1. The van der Waals surface area contributed by atoms with Crippen molar-refractivity contribution in [3.05, 3.63) is 47.3 Å². The first-order valence-corrected chi connectivity index (χ1v) is 9.21. The number of aromatic nitrogens is 2. The van der Waals surface area contributed by atoms with Gasteiger partial charge in [0, 0.05) is 25.2 Å². The summed E-state index contributed by atoms with van der Waals surface area (Å²) < 4.78 is 40.0. The van der Waals surface area contributed by atoms with E-state index >= 15 is 0 Å². The van der Waals surface area contributed by atoms with Crippen LogP contribution in [0.3, 0.4) is 0 Å². The van der Waals surface area contributed by atoms with Crippen LogP contribution in [0.4, 0.5) is 13.2 Å². The quantitative estimate of drug-likeness (QED) is 0.798. The molecule has 0 N–H and O–H groups in total. The zero-order valence-corrected chi connectivity index (χ0v) is 15.6. The van der Waals surface area contributed by atoms with E-state index < -0.39 is 12.1 Å². The topological polar surface area (TPSA) is 38.1 Å². The summed E-state index contributed by atoms with van der Waals surface area (Å²) in [5.74, 6) is -1.35. The van der Waals surface area contributed by atoms with Gasteiger partial charge in [0.1, 0.15) is 0 Å². The Morgan fingerprint density at radius 2 is 1.78 bits per heavy atom. The standard InChI is InChI=1S/C20H24F3N3O/c1-14-13-15(2)26(24-14)18-6-3-16(4-7-18)5-8-19(27)25-11-9-17(10-12-25)20(21,22)23/h3-4,6-7,13,17H,5,8-12H2,1-2H3. The number of piperidine rings is 1. The third kappa shape index (κ3) is 4.70. The Kier molecular flexibility index (Phi) is 5.58. The number of amides is 1. The van der Waals surface area contributed by atoms with Crippen molar-refractivity contribution in [3.63, 3.8) is 0 Å². The number of aryl methyl sites for hydroxylation is 3. The molecule has 2 aromatic rings. The van der Waals surface area contributed by atoms with E-state index in [0.29, 0.717) is 12.8 Å². The Bertz CT molecular complexity index is 788. The summed E-state index contributed by atoms with van der Waals surface area (Å²) in [4.78, 5) is 13.9. The molecule has 0 saturated carbocycles. The molecule has 0 atom stereocenters. The normalized spacial score (nSPS) is 16.0. The van der Waals surface area contributed by atoms with Crippen LogP contribution in [-0.4, -0.2) is 39.9 Å². The molecule has 0 aliphatic carbocycles. The van der Waals surface area contributed by atoms with E-state index in [9.17, 15) is 18.0 Å². The first-order chi connectivity index (χ1) is 12.7. The maximum absolute atomic E-state index is 12.7. The molecular formula is C20H24F3N3O. The SMILES string of the molecule is Cc1cc(C)n(-c2ccc(CCC(=O)N3CCC(C(F)(F)F)CC3)cc2)n1. The van der Waals surface area contributed by atoms with Crippen molar-refractivity contribution in [3.8, 4) is 5.69 Å². The highest BCUT2D eigenvalue weighted by Crippen LogP contribution is 2.34. The maximum atomic E-state index is 12.7. The Labute approximate surface area is 157 Å². The van der Waals surface area contributed by atoms with Crippen LogP contribution in [-0.2, 0) is 11.2 Å². The van der Waals surface area contributed by atoms with Gasteiger partial charge in [-0.2, -0.15) is 18.3 Å². The summed E-state index contributed by atoms with van der Waals surface area (Å²) >= 11 is 0. The Morgan fingerprint density at radius 1 is 1.15 bits per heavy atom. The Balaban J connectivity index is 1.52. The number of nitrogens with zero attached hydrogens (tertiary/aromatic N) is 3. The number of hydrogen-bond donors (Lipinski definition) is 0. The molecule has 1 aliphatic heterocycles. The predicted molar refractivity (Wildman–Crippen MR) is 96.7 cm³/mol. The number of carbonyl (C=O) groups excluding carboxylic acids is 1. The highest BCUT2D eigenvalue weighted by Gasteiger charge is 2.41. The Hall–Kier alpha value is -2.31. The van der Waals surface area contributed by atoms with E-state index in [1.807, 2.05) is 48.9 Å². The molecule has 0 unspecified atom stereocenters. The van der Waals surface area contributed by atoms with E-state index in [1.54, 1.807) is 4.90 Å². The second-order valence-corrected chi connectivity index (χ2v) is 7.20. The molecule has 1 aliphatic rings. The van der Waals surface area contributed by atoms with Crippen LogP contribution in [0.15, 0.2) is 30.3 Å². The minimum atomic E-state index is -4.15. The van der Waals surface area contributed by atoms with Crippen LogP contribution < -0.4 is 0 Å². The van der Waals surface area contributed by atoms with Crippen molar-refractivity contribution in [2.45, 2.75) is 45.7 Å². The van der Waals surface area contributed by atoms with Crippen molar-refractivity contribution in [1.82, 2.24) is 14.7 Å². The molecule has 3 rings (SSSR count). The lowest BCUT2D eigenvalue weighted by Gasteiger charge is -2.33. The van der Waals surface area contributed by atoms with Gasteiger partial charge in [0.2, 0.25) is 5.91 Å². The van der Waals surface area contributed by atoms with Crippen LogP contribution >= 0.6 is 0 Å². The maximum Gasteiger partial charge on any atom is 0.391 e. The summed E-state index contributed by atoms with van der Waals surface area (Å²) in [6.07, 6.45) is -3.24. The lowest BCUT2D eigenvalue weighted by Crippen LogP contribution is -2.42. The number of hydrogen-bond acceptors (Lipinski definition) is 2. The van der Waals surface area contributed by atoms with E-state index in [1.165, 1.54) is 0 Å². The molecular weight excluding hydrogens is 355 g/mol. The molecule has 0 bridgehead atoms. The zero-order chi connectivity index (χ0) is 19.6. The average Bonchev–Trinajstić information content (AvgIpc) is 2.97. The number of alkyl halides is 3. The number of benzene rings is 1. The van der Waals surface area contributed by atoms with Crippen molar-refractivity contribution >= 4 is 5.91 Å². The zero-order valence-electron chi connectivity index (χ0n) is 15.6. The van der Waals surface area contributed by atoms with Gasteiger partial charge < -0.3 is 4.90 Å². The van der Waals surface area contributed by atoms with Crippen LogP contribution in [0.1, 0.15) is 36.2 Å². The van der Waals surface area contributed by atoms with Crippen LogP contribution in [0, 0.1) is 19.8 Å². The second kappa shape index (κ2) is 7.74. The lowest BCUT2D eigenvalue weighted by molar-refractivity contribution is -0.186. The summed E-state index contributed by atoms with van der Waals surface area (Å²) in [7, 11) is 0. The van der Waals surface area contributed by atoms with Gasteiger partial charge in [-0.3, -0.25) is 4.79 Å². The highest BCUT2D eigenvalue weighted by atomic mass is 19.4. The van der Waals surface area contributed by atoms with Crippen molar-refractivity contribution in [1.29, 1.82) is 0 Å². The summed E-state index contributed by atoms with van der Waals surface area (Å²) in [5.41, 5.74) is 4.00. The van der Waals surface area contributed by atoms with Crippen LogP contribution in [0.5, 0.6) is 0 Å². The van der Waals surface area contributed by atoms with E-state index in [4.69, 9.17) is 0 Å². The molecule has 7 heteroatoms. The van der Waals surface area contributed by atoms with Gasteiger partial charge in [-0.1, -0.05) is 12.1 Å². The van der Waals surface area contributed by atoms with Gasteiger partial charge in [-0.05, 0) is 56.9 Å². The number of rotatable bonds is 4. The largest absolute Gasteiger partial charge is 0.391 e.